The Labute approximate surface area is 319 Å². The number of allylic oxidation sites excluding steroid dienone is 2. The smallest absolute Gasteiger partial charge is 0.266 e. The Morgan fingerprint density at radius 1 is 0.673 bits per heavy atom. The maximum atomic E-state index is 12.8. The van der Waals surface area contributed by atoms with Crippen molar-refractivity contribution < 1.29 is 45.1 Å². The van der Waals surface area contributed by atoms with E-state index in [-0.39, 0.29) is 57.0 Å². The van der Waals surface area contributed by atoms with Crippen LogP contribution in [-0.2, 0) is 58.7 Å². The van der Waals surface area contributed by atoms with Gasteiger partial charge in [-0.1, -0.05) is 25.3 Å². The second-order valence-corrected chi connectivity index (χ2v) is 16.3. The van der Waals surface area contributed by atoms with Crippen LogP contribution in [0.3, 0.4) is 0 Å². The summed E-state index contributed by atoms with van der Waals surface area (Å²) in [6, 6.07) is 0. The summed E-state index contributed by atoms with van der Waals surface area (Å²) in [5, 5.41) is 10.7. The summed E-state index contributed by atoms with van der Waals surface area (Å²) in [7, 11) is -8.53. The predicted octanol–water partition coefficient (Wildman–Crippen LogP) is 2.37. The monoisotopic (exact) mass is 798 g/mol. The van der Waals surface area contributed by atoms with Crippen molar-refractivity contribution in [1.82, 2.24) is 31.2 Å². The minimum atomic E-state index is -4.26. The fourth-order valence-electron chi connectivity index (χ4n) is 6.44. The zero-order chi connectivity index (χ0) is 40.8. The van der Waals surface area contributed by atoms with E-state index in [0.29, 0.717) is 56.5 Å². The van der Waals surface area contributed by atoms with E-state index in [1.54, 1.807) is 32.1 Å². The summed E-state index contributed by atoms with van der Waals surface area (Å²) in [6.45, 7) is 14.2. The molecule has 18 heteroatoms. The molecule has 2 aliphatic rings. The summed E-state index contributed by atoms with van der Waals surface area (Å²) in [5.41, 5.74) is 9.25. The SMILES string of the molecule is C=CC1=C(C)/C(=C/c2[nH]c(Cc3[nH]c(/C=C4\NC(=O)C(C)=C4C=C)c(C)c3CCC(=O)NCCS(=O)(=O)O)c(CCC(=O)NCCS(=O)(=O)O)c2C)NC1=O. The van der Waals surface area contributed by atoms with Gasteiger partial charge >= 0.3 is 0 Å². The molecule has 4 amide bonds. The highest BCUT2D eigenvalue weighted by atomic mass is 32.2. The Hall–Kier alpha value is -5.30. The lowest BCUT2D eigenvalue weighted by molar-refractivity contribution is -0.121. The first-order valence-electron chi connectivity index (χ1n) is 17.3. The number of hydrogen-bond acceptors (Lipinski definition) is 8. The first-order chi connectivity index (χ1) is 25.7. The fraction of sp³-hybridized carbons (Fsp3) is 0.351. The van der Waals surface area contributed by atoms with Gasteiger partial charge in [0.1, 0.15) is 0 Å². The molecule has 4 rings (SSSR count). The van der Waals surface area contributed by atoms with E-state index in [1.807, 2.05) is 13.8 Å². The third-order valence-electron chi connectivity index (χ3n) is 9.50. The van der Waals surface area contributed by atoms with Crippen molar-refractivity contribution in [1.29, 1.82) is 0 Å². The van der Waals surface area contributed by atoms with Gasteiger partial charge < -0.3 is 31.2 Å². The zero-order valence-electron chi connectivity index (χ0n) is 31.1. The molecule has 0 radical (unpaired) electrons. The molecule has 55 heavy (non-hydrogen) atoms. The number of carbonyl (C=O) groups excluding carboxylic acids is 4. The van der Waals surface area contributed by atoms with E-state index in [0.717, 1.165) is 22.3 Å². The average Bonchev–Trinajstić information content (AvgIpc) is 3.73. The molecular formula is C37H46N6O10S2. The van der Waals surface area contributed by atoms with E-state index >= 15 is 0 Å². The van der Waals surface area contributed by atoms with Crippen LogP contribution >= 0.6 is 0 Å². The van der Waals surface area contributed by atoms with Crippen molar-refractivity contribution >= 4 is 56.0 Å². The molecule has 0 atom stereocenters. The molecule has 0 fully saturated rings. The summed E-state index contributed by atoms with van der Waals surface area (Å²) < 4.78 is 62.6. The van der Waals surface area contributed by atoms with Crippen LogP contribution in [-0.4, -0.2) is 84.1 Å². The van der Waals surface area contributed by atoms with Crippen molar-refractivity contribution in [3.63, 3.8) is 0 Å². The van der Waals surface area contributed by atoms with Gasteiger partial charge in [-0.15, -0.1) is 0 Å². The van der Waals surface area contributed by atoms with Crippen LogP contribution in [0.1, 0.15) is 71.7 Å². The summed E-state index contributed by atoms with van der Waals surface area (Å²) >= 11 is 0. The molecule has 2 aromatic heterocycles. The largest absolute Gasteiger partial charge is 0.358 e. The van der Waals surface area contributed by atoms with Crippen molar-refractivity contribution in [2.24, 2.45) is 0 Å². The summed E-state index contributed by atoms with van der Waals surface area (Å²) in [6.07, 6.45) is 7.32. The summed E-state index contributed by atoms with van der Waals surface area (Å²) in [4.78, 5) is 57.4. The minimum Gasteiger partial charge on any atom is -0.358 e. The van der Waals surface area contributed by atoms with E-state index in [1.165, 1.54) is 6.08 Å². The molecule has 296 valence electrons. The second-order valence-electron chi connectivity index (χ2n) is 13.2. The topological polar surface area (TPSA) is 257 Å². The minimum absolute atomic E-state index is 0.0170. The van der Waals surface area contributed by atoms with Crippen molar-refractivity contribution in [3.8, 4) is 0 Å². The maximum absolute atomic E-state index is 12.8. The van der Waals surface area contributed by atoms with E-state index in [4.69, 9.17) is 9.11 Å². The van der Waals surface area contributed by atoms with E-state index < -0.39 is 43.6 Å². The molecule has 0 unspecified atom stereocenters. The molecule has 0 spiro atoms. The number of aromatic nitrogens is 2. The van der Waals surface area contributed by atoms with Crippen LogP contribution in [0.5, 0.6) is 0 Å². The number of amides is 4. The van der Waals surface area contributed by atoms with Crippen LogP contribution in [0.2, 0.25) is 0 Å². The first-order valence-corrected chi connectivity index (χ1v) is 20.5. The van der Waals surface area contributed by atoms with E-state index in [2.05, 4.69) is 44.4 Å². The molecule has 2 aliphatic heterocycles. The lowest BCUT2D eigenvalue weighted by Crippen LogP contribution is -2.29. The van der Waals surface area contributed by atoms with Crippen LogP contribution in [0.15, 0.2) is 59.0 Å². The molecule has 0 bridgehead atoms. The van der Waals surface area contributed by atoms with Crippen LogP contribution < -0.4 is 21.3 Å². The fourth-order valence-corrected chi connectivity index (χ4v) is 7.16. The molecule has 8 N–H and O–H groups in total. The maximum Gasteiger partial charge on any atom is 0.266 e. The molecule has 0 aromatic carbocycles. The lowest BCUT2D eigenvalue weighted by atomic mass is 9.98. The van der Waals surface area contributed by atoms with Gasteiger partial charge in [-0.2, -0.15) is 16.8 Å². The quantitative estimate of drug-likeness (QED) is 0.102. The Bertz CT molecular complexity index is 2300. The average molecular weight is 799 g/mol. The third-order valence-corrected chi connectivity index (χ3v) is 10.9. The summed E-state index contributed by atoms with van der Waals surface area (Å²) in [5.74, 6) is -2.67. The third kappa shape index (κ3) is 10.9. The Morgan fingerprint density at radius 2 is 1.11 bits per heavy atom. The molecule has 0 aliphatic carbocycles. The van der Waals surface area contributed by atoms with Crippen molar-refractivity contribution in [3.05, 3.63) is 104 Å². The molecule has 4 heterocycles. The van der Waals surface area contributed by atoms with Crippen molar-refractivity contribution in [2.75, 3.05) is 24.6 Å². The van der Waals surface area contributed by atoms with Gasteiger partial charge in [0.2, 0.25) is 11.8 Å². The van der Waals surface area contributed by atoms with Crippen molar-refractivity contribution in [2.45, 2.75) is 59.8 Å². The number of hydrogen-bond donors (Lipinski definition) is 8. The number of aromatic amines is 2. The van der Waals surface area contributed by atoms with Crippen LogP contribution in [0.4, 0.5) is 0 Å². The van der Waals surface area contributed by atoms with Gasteiger partial charge in [0.15, 0.2) is 0 Å². The zero-order valence-corrected chi connectivity index (χ0v) is 32.7. The Balaban J connectivity index is 1.75. The second kappa shape index (κ2) is 17.4. The van der Waals surface area contributed by atoms with Crippen LogP contribution in [0.25, 0.3) is 12.2 Å². The Morgan fingerprint density at radius 3 is 1.53 bits per heavy atom. The lowest BCUT2D eigenvalue weighted by Gasteiger charge is -2.09. The highest BCUT2D eigenvalue weighted by molar-refractivity contribution is 7.86. The normalized spacial score (nSPS) is 16.3. The Kier molecular flexibility index (Phi) is 13.5. The molecule has 0 saturated heterocycles. The molecular weight excluding hydrogens is 753 g/mol. The molecule has 16 nitrogen and oxygen atoms in total. The molecule has 2 aromatic rings. The number of carbonyl (C=O) groups is 4. The highest BCUT2D eigenvalue weighted by Crippen LogP contribution is 2.31. The van der Waals surface area contributed by atoms with Gasteiger partial charge in [0, 0.05) is 77.5 Å². The predicted molar refractivity (Wildman–Crippen MR) is 207 cm³/mol. The van der Waals surface area contributed by atoms with Gasteiger partial charge in [0.05, 0.1) is 17.2 Å². The van der Waals surface area contributed by atoms with E-state index in [9.17, 15) is 36.0 Å². The number of H-pyrrole nitrogens is 2. The van der Waals surface area contributed by atoms with Gasteiger partial charge in [-0.05, 0) is 80.5 Å². The standard InChI is InChI=1S/C37H46N6O10S2/c1-7-24-23(6)36(46)43-31(24)18-29-22(5)27(10-12-35(45)39-14-16-55(51,52)53)33(41-29)19-32-26(9-11-34(44)38-13-15-54(48,49)50)21(4)28(40-32)17-30-20(3)25(8-2)37(47)42-30/h7-8,17-18,40-41H,1-2,9-16,19H2,3-6H3,(H,38,44)(H,39,45)(H,42,47)(H,43,46)(H,48,49,50)(H,51,52,53)/b30-17-,31-18-. The first kappa shape index (κ1) is 42.4. The number of nitrogens with one attached hydrogen (secondary N) is 6. The van der Waals surface area contributed by atoms with Crippen LogP contribution in [0, 0.1) is 13.8 Å². The van der Waals surface area contributed by atoms with Gasteiger partial charge in [-0.3, -0.25) is 28.3 Å². The van der Waals surface area contributed by atoms with Gasteiger partial charge in [-0.25, -0.2) is 0 Å². The molecule has 0 saturated carbocycles. The highest BCUT2D eigenvalue weighted by Gasteiger charge is 2.26. The number of rotatable bonds is 18. The van der Waals surface area contributed by atoms with Gasteiger partial charge in [0.25, 0.3) is 32.1 Å².